The van der Waals surface area contributed by atoms with Crippen molar-refractivity contribution in [1.29, 1.82) is 0 Å². The van der Waals surface area contributed by atoms with E-state index in [9.17, 15) is 18.8 Å². The average molecular weight is 373 g/mol. The van der Waals surface area contributed by atoms with E-state index >= 15 is 0 Å². The zero-order valence-electron chi connectivity index (χ0n) is 14.9. The number of benzene rings is 1. The fraction of sp³-hybridized carbons (Fsp3) is 0.316. The van der Waals surface area contributed by atoms with Gasteiger partial charge in [0.05, 0.1) is 18.4 Å². The third-order valence-corrected chi connectivity index (χ3v) is 4.30. The molecule has 7 nitrogen and oxygen atoms in total. The summed E-state index contributed by atoms with van der Waals surface area (Å²) in [5.41, 5.74) is -0.0934. The molecule has 0 saturated carbocycles. The van der Waals surface area contributed by atoms with Crippen LogP contribution in [0.5, 0.6) is 5.75 Å². The van der Waals surface area contributed by atoms with Crippen molar-refractivity contribution in [3.63, 3.8) is 0 Å². The van der Waals surface area contributed by atoms with Crippen LogP contribution in [-0.4, -0.2) is 47.5 Å². The van der Waals surface area contributed by atoms with E-state index < -0.39 is 11.7 Å². The van der Waals surface area contributed by atoms with E-state index in [0.29, 0.717) is 19.7 Å². The summed E-state index contributed by atoms with van der Waals surface area (Å²) in [6, 6.07) is 6.98. The molecule has 2 amide bonds. The summed E-state index contributed by atoms with van der Waals surface area (Å²) in [5.74, 6) is -1.20. The summed E-state index contributed by atoms with van der Waals surface area (Å²) in [4.78, 5) is 38.2. The quantitative estimate of drug-likeness (QED) is 0.827. The molecule has 27 heavy (non-hydrogen) atoms. The van der Waals surface area contributed by atoms with Crippen LogP contribution in [0.4, 0.5) is 4.39 Å². The molecule has 2 heterocycles. The molecular weight excluding hydrogens is 353 g/mol. The van der Waals surface area contributed by atoms with Crippen LogP contribution in [0.1, 0.15) is 27.8 Å². The van der Waals surface area contributed by atoms with Crippen LogP contribution in [-0.2, 0) is 6.54 Å². The molecule has 0 unspecified atom stereocenters. The summed E-state index contributed by atoms with van der Waals surface area (Å²) in [6.45, 7) is 3.56. The van der Waals surface area contributed by atoms with Gasteiger partial charge in [0.1, 0.15) is 11.5 Å². The van der Waals surface area contributed by atoms with E-state index in [0.717, 1.165) is 0 Å². The summed E-state index contributed by atoms with van der Waals surface area (Å²) in [7, 11) is 0. The topological polar surface area (TPSA) is 80.6 Å². The Labute approximate surface area is 155 Å². The lowest BCUT2D eigenvalue weighted by molar-refractivity contribution is 0.0696. The zero-order chi connectivity index (χ0) is 19.4. The van der Waals surface area contributed by atoms with E-state index in [1.54, 1.807) is 28.7 Å². The number of ether oxygens (including phenoxy) is 1. The predicted octanol–water partition coefficient (Wildman–Crippen LogP) is 1.27. The van der Waals surface area contributed by atoms with Gasteiger partial charge in [-0.3, -0.25) is 14.4 Å². The Morgan fingerprint density at radius 3 is 2.78 bits per heavy atom. The second-order valence-corrected chi connectivity index (χ2v) is 6.04. The number of hydrogen-bond donors (Lipinski definition) is 1. The highest BCUT2D eigenvalue weighted by atomic mass is 19.1. The van der Waals surface area contributed by atoms with E-state index in [-0.39, 0.29) is 41.4 Å². The SMILES string of the molecule is CCOc1cn2c(cc1=O)C(=O)N(CCNC(=O)c1ccccc1F)CC2. The standard InChI is InChI=1S/C19H20FN3O4/c1-2-27-17-12-23-10-9-22(19(26)15(23)11-16(17)24)8-7-21-18(25)13-5-3-4-6-14(13)20/h3-6,11-12H,2,7-10H2,1H3,(H,21,25). The molecule has 0 aliphatic carbocycles. The predicted molar refractivity (Wildman–Crippen MR) is 96.5 cm³/mol. The Morgan fingerprint density at radius 2 is 2.04 bits per heavy atom. The lowest BCUT2D eigenvalue weighted by Crippen LogP contribution is -2.45. The highest BCUT2D eigenvalue weighted by Crippen LogP contribution is 2.14. The number of fused-ring (bicyclic) bond motifs is 1. The first-order valence-electron chi connectivity index (χ1n) is 8.70. The lowest BCUT2D eigenvalue weighted by Gasteiger charge is -2.30. The second-order valence-electron chi connectivity index (χ2n) is 6.04. The van der Waals surface area contributed by atoms with Gasteiger partial charge in [0.25, 0.3) is 11.8 Å². The Kier molecular flexibility index (Phi) is 5.54. The molecule has 1 aromatic carbocycles. The van der Waals surface area contributed by atoms with Gasteiger partial charge in [0, 0.05) is 32.2 Å². The maximum atomic E-state index is 13.6. The molecule has 8 heteroatoms. The summed E-state index contributed by atoms with van der Waals surface area (Å²) in [5, 5.41) is 2.61. The Morgan fingerprint density at radius 1 is 1.26 bits per heavy atom. The van der Waals surface area contributed by atoms with Crippen LogP contribution in [0.3, 0.4) is 0 Å². The first-order chi connectivity index (χ1) is 13.0. The third kappa shape index (κ3) is 3.99. The number of aromatic nitrogens is 1. The van der Waals surface area contributed by atoms with E-state index in [4.69, 9.17) is 4.74 Å². The minimum atomic E-state index is -0.595. The van der Waals surface area contributed by atoms with Crippen molar-refractivity contribution >= 4 is 11.8 Å². The van der Waals surface area contributed by atoms with E-state index in [1.807, 2.05) is 0 Å². The summed E-state index contributed by atoms with van der Waals surface area (Å²) >= 11 is 0. The molecule has 0 atom stereocenters. The Balaban J connectivity index is 1.62. The molecule has 142 valence electrons. The van der Waals surface area contributed by atoms with Crippen LogP contribution in [0, 0.1) is 5.82 Å². The molecule has 3 rings (SSSR count). The van der Waals surface area contributed by atoms with Crippen LogP contribution >= 0.6 is 0 Å². The molecular formula is C19H20FN3O4. The summed E-state index contributed by atoms with van der Waals surface area (Å²) < 4.78 is 20.6. The largest absolute Gasteiger partial charge is 0.488 e. The van der Waals surface area contributed by atoms with Crippen LogP contribution < -0.4 is 15.5 Å². The number of carbonyl (C=O) groups is 2. The molecule has 1 aromatic heterocycles. The molecule has 0 radical (unpaired) electrons. The van der Waals surface area contributed by atoms with Gasteiger partial charge in [-0.25, -0.2) is 4.39 Å². The van der Waals surface area contributed by atoms with Gasteiger partial charge in [0.2, 0.25) is 5.43 Å². The minimum absolute atomic E-state index is 0.0391. The maximum Gasteiger partial charge on any atom is 0.270 e. The number of rotatable bonds is 6. The van der Waals surface area contributed by atoms with Crippen molar-refractivity contribution in [2.75, 3.05) is 26.2 Å². The van der Waals surface area contributed by atoms with Crippen molar-refractivity contribution in [2.45, 2.75) is 13.5 Å². The van der Waals surface area contributed by atoms with Gasteiger partial charge in [-0.05, 0) is 19.1 Å². The van der Waals surface area contributed by atoms with Gasteiger partial charge in [0.15, 0.2) is 5.75 Å². The number of hydrogen-bond acceptors (Lipinski definition) is 4. The number of carbonyl (C=O) groups excluding carboxylic acids is 2. The van der Waals surface area contributed by atoms with Crippen LogP contribution in [0.2, 0.25) is 0 Å². The normalized spacial score (nSPS) is 13.3. The molecule has 0 fully saturated rings. The van der Waals surface area contributed by atoms with Crippen molar-refractivity contribution in [2.24, 2.45) is 0 Å². The molecule has 1 N–H and O–H groups in total. The van der Waals surface area contributed by atoms with Crippen molar-refractivity contribution < 1.29 is 18.7 Å². The molecule has 2 aromatic rings. The molecule has 1 aliphatic rings. The maximum absolute atomic E-state index is 13.6. The van der Waals surface area contributed by atoms with Crippen molar-refractivity contribution in [3.05, 3.63) is 63.8 Å². The Bertz CT molecular complexity index is 925. The van der Waals surface area contributed by atoms with Gasteiger partial charge >= 0.3 is 0 Å². The van der Waals surface area contributed by atoms with E-state index in [2.05, 4.69) is 5.32 Å². The van der Waals surface area contributed by atoms with Gasteiger partial charge in [-0.15, -0.1) is 0 Å². The summed E-state index contributed by atoms with van der Waals surface area (Å²) in [6.07, 6.45) is 1.55. The number of nitrogens with one attached hydrogen (secondary N) is 1. The van der Waals surface area contributed by atoms with Gasteiger partial charge < -0.3 is 19.5 Å². The Hall–Kier alpha value is -3.16. The molecule has 1 aliphatic heterocycles. The van der Waals surface area contributed by atoms with Crippen molar-refractivity contribution in [3.8, 4) is 5.75 Å². The van der Waals surface area contributed by atoms with Gasteiger partial charge in [-0.2, -0.15) is 0 Å². The smallest absolute Gasteiger partial charge is 0.270 e. The van der Waals surface area contributed by atoms with E-state index in [1.165, 1.54) is 24.3 Å². The number of nitrogens with zero attached hydrogens (tertiary/aromatic N) is 2. The number of amides is 2. The van der Waals surface area contributed by atoms with Crippen molar-refractivity contribution in [1.82, 2.24) is 14.8 Å². The molecule has 0 saturated heterocycles. The molecule has 0 spiro atoms. The van der Waals surface area contributed by atoms with Crippen LogP contribution in [0.15, 0.2) is 41.3 Å². The first kappa shape index (κ1) is 18.6. The van der Waals surface area contributed by atoms with Gasteiger partial charge in [-0.1, -0.05) is 12.1 Å². The number of pyridine rings is 1. The highest BCUT2D eigenvalue weighted by Gasteiger charge is 2.25. The average Bonchev–Trinajstić information content (AvgIpc) is 2.65. The zero-order valence-corrected chi connectivity index (χ0v) is 14.9. The monoisotopic (exact) mass is 373 g/mol. The van der Waals surface area contributed by atoms with Crippen LogP contribution in [0.25, 0.3) is 0 Å². The molecule has 0 bridgehead atoms. The second kappa shape index (κ2) is 8.03. The lowest BCUT2D eigenvalue weighted by atomic mass is 10.2. The fourth-order valence-corrected chi connectivity index (χ4v) is 2.94. The first-order valence-corrected chi connectivity index (χ1v) is 8.70. The fourth-order valence-electron chi connectivity index (χ4n) is 2.94. The number of halogens is 1. The third-order valence-electron chi connectivity index (χ3n) is 4.30. The highest BCUT2D eigenvalue weighted by molar-refractivity contribution is 5.95. The minimum Gasteiger partial charge on any atom is -0.488 e.